The number of carbonyl (C=O) groups excluding carboxylic acids is 1. The van der Waals surface area contributed by atoms with Crippen LogP contribution >= 0.6 is 11.3 Å². The zero-order valence-electron chi connectivity index (χ0n) is 9.69. The van der Waals surface area contributed by atoms with Crippen molar-refractivity contribution < 1.29 is 4.79 Å². The maximum atomic E-state index is 11.1. The molecule has 1 amide bonds. The Morgan fingerprint density at radius 2 is 2.29 bits per heavy atom. The zero-order valence-corrected chi connectivity index (χ0v) is 10.5. The minimum absolute atomic E-state index is 0.115. The molecule has 92 valence electrons. The quantitative estimate of drug-likeness (QED) is 0.482. The number of hydrazine groups is 1. The molecule has 0 aromatic carbocycles. The van der Waals surface area contributed by atoms with Crippen LogP contribution in [0.1, 0.15) is 18.4 Å². The van der Waals surface area contributed by atoms with E-state index >= 15 is 0 Å². The molecule has 4 nitrogen and oxygen atoms in total. The van der Waals surface area contributed by atoms with Crippen LogP contribution in [-0.2, 0) is 4.79 Å². The number of likely N-dealkylation sites (tertiary alicyclic amines) is 1. The zero-order chi connectivity index (χ0) is 12.1. The van der Waals surface area contributed by atoms with Gasteiger partial charge < -0.3 is 0 Å². The Hall–Kier alpha value is -1.17. The third-order valence-corrected chi connectivity index (χ3v) is 3.64. The number of hydrogen-bond donors (Lipinski definition) is 2. The smallest absolute Gasteiger partial charge is 0.248 e. The van der Waals surface area contributed by atoms with Crippen LogP contribution in [0.15, 0.2) is 22.4 Å². The summed E-state index contributed by atoms with van der Waals surface area (Å²) in [5.41, 5.74) is 4.92. The number of rotatable bonds is 3. The lowest BCUT2D eigenvalue weighted by Gasteiger charge is -2.27. The first-order valence-corrected chi connectivity index (χ1v) is 6.65. The summed E-state index contributed by atoms with van der Waals surface area (Å²) in [6.07, 6.45) is 4.33. The molecule has 1 aromatic heterocycles. The summed E-state index contributed by atoms with van der Waals surface area (Å²) >= 11 is 1.72. The van der Waals surface area contributed by atoms with Crippen LogP contribution in [0.4, 0.5) is 0 Å². The minimum atomic E-state index is -0.115. The fourth-order valence-electron chi connectivity index (χ4n) is 1.98. The summed E-state index contributed by atoms with van der Waals surface area (Å²) in [6, 6.07) is 2.13. The monoisotopic (exact) mass is 251 g/mol. The number of nitrogens with zero attached hydrogens (tertiary/aromatic N) is 1. The number of hydrogen-bond acceptors (Lipinski definition) is 4. The highest BCUT2D eigenvalue weighted by atomic mass is 32.1. The fourth-order valence-corrected chi connectivity index (χ4v) is 2.60. The maximum Gasteiger partial charge on any atom is 0.248 e. The van der Waals surface area contributed by atoms with Crippen molar-refractivity contribution >= 4 is 23.3 Å². The van der Waals surface area contributed by atoms with Crippen molar-refractivity contribution in [2.75, 3.05) is 19.6 Å². The van der Waals surface area contributed by atoms with Crippen molar-refractivity contribution in [2.45, 2.75) is 12.8 Å². The predicted molar refractivity (Wildman–Crippen MR) is 70.3 cm³/mol. The van der Waals surface area contributed by atoms with Gasteiger partial charge in [0, 0.05) is 13.1 Å². The first kappa shape index (κ1) is 12.3. The Bertz CT molecular complexity index is 390. The van der Waals surface area contributed by atoms with Crippen LogP contribution in [0.25, 0.3) is 6.08 Å². The topological polar surface area (TPSA) is 58.4 Å². The SMILES string of the molecule is NNC(=O)CN1CCC(=Cc2ccsc2)CC1. The van der Waals surface area contributed by atoms with E-state index in [4.69, 9.17) is 5.84 Å². The molecule has 0 saturated carbocycles. The van der Waals surface area contributed by atoms with Gasteiger partial charge in [-0.3, -0.25) is 15.1 Å². The largest absolute Gasteiger partial charge is 0.294 e. The molecule has 2 rings (SSSR count). The summed E-state index contributed by atoms with van der Waals surface area (Å²) in [6.45, 7) is 2.27. The van der Waals surface area contributed by atoms with Gasteiger partial charge in [0.25, 0.3) is 0 Å². The van der Waals surface area contributed by atoms with E-state index in [9.17, 15) is 4.79 Å². The van der Waals surface area contributed by atoms with Gasteiger partial charge in [-0.05, 0) is 35.2 Å². The number of amides is 1. The van der Waals surface area contributed by atoms with Gasteiger partial charge in [-0.2, -0.15) is 11.3 Å². The molecule has 2 heterocycles. The Morgan fingerprint density at radius 3 is 2.88 bits per heavy atom. The van der Waals surface area contributed by atoms with Crippen molar-refractivity contribution in [3.63, 3.8) is 0 Å². The van der Waals surface area contributed by atoms with Gasteiger partial charge in [0.2, 0.25) is 5.91 Å². The van der Waals surface area contributed by atoms with Crippen LogP contribution in [0.5, 0.6) is 0 Å². The van der Waals surface area contributed by atoms with Gasteiger partial charge in [0.05, 0.1) is 6.54 Å². The molecule has 3 N–H and O–H groups in total. The van der Waals surface area contributed by atoms with Crippen molar-refractivity contribution in [3.8, 4) is 0 Å². The molecule has 1 aromatic rings. The van der Waals surface area contributed by atoms with E-state index in [0.29, 0.717) is 6.54 Å². The Balaban J connectivity index is 1.84. The number of thiophene rings is 1. The summed E-state index contributed by atoms with van der Waals surface area (Å²) in [5.74, 6) is 4.95. The third-order valence-electron chi connectivity index (χ3n) is 2.94. The lowest BCUT2D eigenvalue weighted by Crippen LogP contribution is -2.42. The van der Waals surface area contributed by atoms with Crippen LogP contribution in [0.3, 0.4) is 0 Å². The molecule has 1 aliphatic rings. The van der Waals surface area contributed by atoms with Crippen LogP contribution in [0, 0.1) is 0 Å². The highest BCUT2D eigenvalue weighted by Crippen LogP contribution is 2.20. The second kappa shape index (κ2) is 5.95. The van der Waals surface area contributed by atoms with Gasteiger partial charge >= 0.3 is 0 Å². The minimum Gasteiger partial charge on any atom is -0.294 e. The highest BCUT2D eigenvalue weighted by Gasteiger charge is 2.15. The second-order valence-corrected chi connectivity index (χ2v) is 4.98. The molecule has 0 atom stereocenters. The van der Waals surface area contributed by atoms with Crippen molar-refractivity contribution in [1.29, 1.82) is 0 Å². The molecule has 0 spiro atoms. The number of carbonyl (C=O) groups is 1. The van der Waals surface area contributed by atoms with E-state index in [0.717, 1.165) is 25.9 Å². The molecule has 1 saturated heterocycles. The molecular weight excluding hydrogens is 234 g/mol. The molecule has 5 heteroatoms. The summed E-state index contributed by atoms with van der Waals surface area (Å²) in [5, 5.41) is 4.24. The van der Waals surface area contributed by atoms with Crippen molar-refractivity contribution in [1.82, 2.24) is 10.3 Å². The molecular formula is C12H17N3OS. The first-order valence-electron chi connectivity index (χ1n) is 5.71. The number of nitrogens with two attached hydrogens (primary N) is 1. The van der Waals surface area contributed by atoms with Gasteiger partial charge in [-0.15, -0.1) is 0 Å². The normalized spacial score (nSPS) is 16.9. The van der Waals surface area contributed by atoms with Gasteiger partial charge in [-0.1, -0.05) is 11.6 Å². The van der Waals surface area contributed by atoms with Crippen LogP contribution in [0.2, 0.25) is 0 Å². The lowest BCUT2D eigenvalue weighted by molar-refractivity contribution is -0.122. The number of piperidine rings is 1. The average molecular weight is 251 g/mol. The number of nitrogens with one attached hydrogen (secondary N) is 1. The van der Waals surface area contributed by atoms with E-state index in [1.165, 1.54) is 11.1 Å². The van der Waals surface area contributed by atoms with Gasteiger partial charge in [0.1, 0.15) is 0 Å². The van der Waals surface area contributed by atoms with Crippen LogP contribution < -0.4 is 11.3 Å². The van der Waals surface area contributed by atoms with Crippen molar-refractivity contribution in [3.05, 3.63) is 28.0 Å². The predicted octanol–water partition coefficient (Wildman–Crippen LogP) is 1.22. The molecule has 1 aliphatic heterocycles. The standard InChI is InChI=1S/C12H17N3OS/c13-14-12(16)8-15-4-1-10(2-5-15)7-11-3-6-17-9-11/h3,6-7,9H,1-2,4-5,8,13H2,(H,14,16). The van der Waals surface area contributed by atoms with Gasteiger partial charge in [-0.25, -0.2) is 5.84 Å². The van der Waals surface area contributed by atoms with Crippen molar-refractivity contribution in [2.24, 2.45) is 5.84 Å². The van der Waals surface area contributed by atoms with E-state index in [-0.39, 0.29) is 5.91 Å². The van der Waals surface area contributed by atoms with E-state index in [1.807, 2.05) is 0 Å². The highest BCUT2D eigenvalue weighted by molar-refractivity contribution is 7.08. The summed E-state index contributed by atoms with van der Waals surface area (Å²) in [4.78, 5) is 13.3. The third kappa shape index (κ3) is 3.66. The van der Waals surface area contributed by atoms with Gasteiger partial charge in [0.15, 0.2) is 0 Å². The summed E-state index contributed by atoms with van der Waals surface area (Å²) in [7, 11) is 0. The Kier molecular flexibility index (Phi) is 4.30. The summed E-state index contributed by atoms with van der Waals surface area (Å²) < 4.78 is 0. The van der Waals surface area contributed by atoms with Crippen LogP contribution in [-0.4, -0.2) is 30.4 Å². The van der Waals surface area contributed by atoms with E-state index in [2.05, 4.69) is 33.2 Å². The lowest BCUT2D eigenvalue weighted by atomic mass is 10.0. The second-order valence-electron chi connectivity index (χ2n) is 4.20. The molecule has 0 unspecified atom stereocenters. The maximum absolute atomic E-state index is 11.1. The molecule has 0 radical (unpaired) electrons. The fraction of sp³-hybridized carbons (Fsp3) is 0.417. The first-order chi connectivity index (χ1) is 8.28. The average Bonchev–Trinajstić information content (AvgIpc) is 2.84. The molecule has 0 aliphatic carbocycles. The van der Waals surface area contributed by atoms with E-state index < -0.39 is 0 Å². The Labute approximate surface area is 105 Å². The molecule has 17 heavy (non-hydrogen) atoms. The molecule has 1 fully saturated rings. The Morgan fingerprint density at radius 1 is 1.53 bits per heavy atom. The van der Waals surface area contributed by atoms with E-state index in [1.54, 1.807) is 11.3 Å². The molecule has 0 bridgehead atoms.